The van der Waals surface area contributed by atoms with E-state index in [4.69, 9.17) is 9.47 Å². The number of esters is 1. The van der Waals surface area contributed by atoms with E-state index in [-0.39, 0.29) is 5.91 Å². The average Bonchev–Trinajstić information content (AvgIpc) is 2.71. The van der Waals surface area contributed by atoms with Gasteiger partial charge in [-0.3, -0.25) is 9.59 Å². The molecule has 0 aliphatic heterocycles. The quantitative estimate of drug-likeness (QED) is 0.708. The summed E-state index contributed by atoms with van der Waals surface area (Å²) >= 11 is 0. The number of nitrogens with zero attached hydrogens (tertiary/aromatic N) is 1. The van der Waals surface area contributed by atoms with E-state index in [2.05, 4.69) is 5.32 Å². The van der Waals surface area contributed by atoms with E-state index in [1.807, 2.05) is 6.07 Å². The zero-order chi connectivity index (χ0) is 20.5. The Hall–Kier alpha value is -3.35. The Morgan fingerprint density at radius 2 is 1.64 bits per heavy atom. The first-order chi connectivity index (χ1) is 13.4. The molecule has 0 heterocycles. The van der Waals surface area contributed by atoms with E-state index in [1.54, 1.807) is 69.6 Å². The second-order valence-corrected chi connectivity index (χ2v) is 6.26. The molecule has 0 aliphatic carbocycles. The minimum atomic E-state index is -0.786. The van der Waals surface area contributed by atoms with Gasteiger partial charge in [0, 0.05) is 25.3 Å². The number of amides is 2. The Balaban J connectivity index is 1.84. The smallest absolute Gasteiger partial charge is 0.347 e. The van der Waals surface area contributed by atoms with Gasteiger partial charge in [-0.1, -0.05) is 25.1 Å². The third-order valence-electron chi connectivity index (χ3n) is 3.82. The molecule has 28 heavy (non-hydrogen) atoms. The molecule has 0 fully saturated rings. The van der Waals surface area contributed by atoms with Gasteiger partial charge < -0.3 is 19.7 Å². The van der Waals surface area contributed by atoms with Crippen LogP contribution in [0.1, 0.15) is 23.7 Å². The molecule has 0 spiro atoms. The molecule has 7 nitrogen and oxygen atoms in total. The van der Waals surface area contributed by atoms with E-state index in [0.29, 0.717) is 23.4 Å². The summed E-state index contributed by atoms with van der Waals surface area (Å²) < 4.78 is 10.6. The zero-order valence-electron chi connectivity index (χ0n) is 16.2. The van der Waals surface area contributed by atoms with Gasteiger partial charge in [0.15, 0.2) is 12.7 Å². The summed E-state index contributed by atoms with van der Waals surface area (Å²) in [5, 5.41) is 2.62. The van der Waals surface area contributed by atoms with Crippen LogP contribution in [0.3, 0.4) is 0 Å². The first-order valence-electron chi connectivity index (χ1n) is 8.90. The number of nitrogens with one attached hydrogen (secondary N) is 1. The Morgan fingerprint density at radius 1 is 1.00 bits per heavy atom. The van der Waals surface area contributed by atoms with Crippen LogP contribution in [0, 0.1) is 0 Å². The van der Waals surface area contributed by atoms with Crippen molar-refractivity contribution in [3.63, 3.8) is 0 Å². The highest BCUT2D eigenvalue weighted by molar-refractivity contribution is 5.96. The van der Waals surface area contributed by atoms with Crippen LogP contribution in [0.4, 0.5) is 5.69 Å². The maximum absolute atomic E-state index is 12.1. The van der Waals surface area contributed by atoms with Crippen molar-refractivity contribution in [2.45, 2.75) is 19.4 Å². The van der Waals surface area contributed by atoms with Crippen molar-refractivity contribution < 1.29 is 23.9 Å². The van der Waals surface area contributed by atoms with Gasteiger partial charge in [0.05, 0.1) is 0 Å². The van der Waals surface area contributed by atoms with Crippen molar-refractivity contribution in [2.24, 2.45) is 0 Å². The van der Waals surface area contributed by atoms with Crippen LogP contribution in [-0.4, -0.2) is 49.5 Å². The van der Waals surface area contributed by atoms with E-state index in [9.17, 15) is 14.4 Å². The molecule has 2 rings (SSSR count). The van der Waals surface area contributed by atoms with Gasteiger partial charge in [-0.15, -0.1) is 0 Å². The highest BCUT2D eigenvalue weighted by Crippen LogP contribution is 2.14. The van der Waals surface area contributed by atoms with Crippen molar-refractivity contribution >= 4 is 23.5 Å². The van der Waals surface area contributed by atoms with Gasteiger partial charge in [0.2, 0.25) is 0 Å². The fraction of sp³-hybridized carbons (Fsp3) is 0.286. The largest absolute Gasteiger partial charge is 0.479 e. The summed E-state index contributed by atoms with van der Waals surface area (Å²) in [5.74, 6) is -0.651. The highest BCUT2D eigenvalue weighted by Gasteiger charge is 2.21. The molecule has 2 amide bonds. The molecule has 0 bridgehead atoms. The summed E-state index contributed by atoms with van der Waals surface area (Å²) in [6, 6.07) is 15.4. The van der Waals surface area contributed by atoms with Gasteiger partial charge in [-0.25, -0.2) is 4.79 Å². The third kappa shape index (κ3) is 6.12. The molecular formula is C21H24N2O5. The number of carbonyl (C=O) groups excluding carboxylic acids is 3. The van der Waals surface area contributed by atoms with Crippen LogP contribution in [0.15, 0.2) is 54.6 Å². The van der Waals surface area contributed by atoms with Crippen LogP contribution < -0.4 is 10.1 Å². The number of para-hydroxylation sites is 1. The second-order valence-electron chi connectivity index (χ2n) is 6.26. The van der Waals surface area contributed by atoms with Crippen LogP contribution in [0.5, 0.6) is 5.75 Å². The molecule has 0 aromatic heterocycles. The van der Waals surface area contributed by atoms with E-state index in [0.717, 1.165) is 0 Å². The predicted octanol–water partition coefficient (Wildman–Crippen LogP) is 2.73. The normalized spacial score (nSPS) is 11.2. The van der Waals surface area contributed by atoms with Crippen LogP contribution in [-0.2, 0) is 14.3 Å². The Kier molecular flexibility index (Phi) is 7.56. The fourth-order valence-electron chi connectivity index (χ4n) is 2.34. The molecule has 148 valence electrons. The number of ether oxygens (including phenoxy) is 2. The summed E-state index contributed by atoms with van der Waals surface area (Å²) in [6.45, 7) is 1.37. The van der Waals surface area contributed by atoms with Gasteiger partial charge in [0.25, 0.3) is 11.8 Å². The van der Waals surface area contributed by atoms with Crippen molar-refractivity contribution in [2.75, 3.05) is 26.0 Å². The second kappa shape index (κ2) is 10.1. The monoisotopic (exact) mass is 384 g/mol. The third-order valence-corrected chi connectivity index (χ3v) is 3.82. The molecule has 0 unspecified atom stereocenters. The standard InChI is InChI=1S/C21H24N2O5/c1-4-18(28-17-8-6-5-7-9-17)21(26)27-14-19(24)22-16-12-10-15(11-13-16)20(25)23(2)3/h5-13,18H,4,14H2,1-3H3,(H,22,24)/t18-/m1/s1. The van der Waals surface area contributed by atoms with E-state index in [1.165, 1.54) is 4.90 Å². The van der Waals surface area contributed by atoms with Gasteiger partial charge >= 0.3 is 5.97 Å². The maximum atomic E-state index is 12.1. The molecule has 7 heteroatoms. The van der Waals surface area contributed by atoms with Gasteiger partial charge in [0.1, 0.15) is 5.75 Å². The number of carbonyl (C=O) groups is 3. The lowest BCUT2D eigenvalue weighted by Gasteiger charge is -2.16. The van der Waals surface area contributed by atoms with Crippen LogP contribution >= 0.6 is 0 Å². The average molecular weight is 384 g/mol. The number of benzene rings is 2. The molecule has 0 saturated carbocycles. The number of hydrogen-bond acceptors (Lipinski definition) is 5. The number of rotatable bonds is 8. The maximum Gasteiger partial charge on any atom is 0.347 e. The topological polar surface area (TPSA) is 84.9 Å². The first kappa shape index (κ1) is 21.0. The summed E-state index contributed by atoms with van der Waals surface area (Å²) in [5.41, 5.74) is 1.02. The van der Waals surface area contributed by atoms with Gasteiger partial charge in [-0.2, -0.15) is 0 Å². The van der Waals surface area contributed by atoms with Gasteiger partial charge in [-0.05, 0) is 42.8 Å². The van der Waals surface area contributed by atoms with Crippen LogP contribution in [0.25, 0.3) is 0 Å². The van der Waals surface area contributed by atoms with Crippen molar-refractivity contribution in [1.29, 1.82) is 0 Å². The Bertz CT molecular complexity index is 803. The zero-order valence-corrected chi connectivity index (χ0v) is 16.2. The van der Waals surface area contributed by atoms with E-state index < -0.39 is 24.6 Å². The molecule has 2 aromatic carbocycles. The predicted molar refractivity (Wildman–Crippen MR) is 105 cm³/mol. The first-order valence-corrected chi connectivity index (χ1v) is 8.90. The lowest BCUT2D eigenvalue weighted by atomic mass is 10.2. The molecule has 1 N–H and O–H groups in total. The lowest BCUT2D eigenvalue weighted by Crippen LogP contribution is -2.31. The molecule has 1 atom stereocenters. The molecule has 0 aliphatic rings. The summed E-state index contributed by atoms with van der Waals surface area (Å²) in [4.78, 5) is 37.5. The number of anilines is 1. The Labute approximate surface area is 164 Å². The summed E-state index contributed by atoms with van der Waals surface area (Å²) in [7, 11) is 3.33. The minimum Gasteiger partial charge on any atom is -0.479 e. The SMILES string of the molecule is CC[C@@H](Oc1ccccc1)C(=O)OCC(=O)Nc1ccc(C(=O)N(C)C)cc1. The van der Waals surface area contributed by atoms with Crippen molar-refractivity contribution in [3.05, 3.63) is 60.2 Å². The van der Waals surface area contributed by atoms with Crippen molar-refractivity contribution in [3.8, 4) is 5.75 Å². The minimum absolute atomic E-state index is 0.129. The number of hydrogen-bond donors (Lipinski definition) is 1. The highest BCUT2D eigenvalue weighted by atomic mass is 16.6. The van der Waals surface area contributed by atoms with Crippen LogP contribution in [0.2, 0.25) is 0 Å². The van der Waals surface area contributed by atoms with Crippen molar-refractivity contribution in [1.82, 2.24) is 4.90 Å². The fourth-order valence-corrected chi connectivity index (χ4v) is 2.34. The molecule has 0 saturated heterocycles. The Morgan fingerprint density at radius 3 is 2.21 bits per heavy atom. The molecular weight excluding hydrogens is 360 g/mol. The lowest BCUT2D eigenvalue weighted by molar-refractivity contribution is -0.154. The molecule has 2 aromatic rings. The summed E-state index contributed by atoms with van der Waals surface area (Å²) in [6.07, 6.45) is -0.372. The van der Waals surface area contributed by atoms with E-state index >= 15 is 0 Å². The molecule has 0 radical (unpaired) electrons.